The average Bonchev–Trinajstić information content (AvgIpc) is 2.36. The van der Waals surface area contributed by atoms with Crippen LogP contribution in [0.1, 0.15) is 33.6 Å². The van der Waals surface area contributed by atoms with Gasteiger partial charge in [-0.25, -0.2) is 18.0 Å². The van der Waals surface area contributed by atoms with E-state index in [1.165, 1.54) is 4.90 Å². The van der Waals surface area contributed by atoms with Crippen LogP contribution in [0, 0.1) is 5.41 Å². The minimum Gasteiger partial charge on any atom is -0.480 e. The van der Waals surface area contributed by atoms with E-state index in [1.807, 2.05) is 13.8 Å². The Labute approximate surface area is 125 Å². The highest BCUT2D eigenvalue weighted by Crippen LogP contribution is 2.35. The van der Waals surface area contributed by atoms with Gasteiger partial charge in [0.1, 0.15) is 6.04 Å². The van der Waals surface area contributed by atoms with E-state index in [0.29, 0.717) is 6.54 Å². The summed E-state index contributed by atoms with van der Waals surface area (Å²) in [5.41, 5.74) is -0.503. The fourth-order valence-electron chi connectivity index (χ4n) is 2.64. The minimum absolute atomic E-state index is 0.00171. The molecule has 1 unspecified atom stereocenters. The number of nitrogens with one attached hydrogen (secondary N) is 1. The van der Waals surface area contributed by atoms with Crippen molar-refractivity contribution in [2.24, 2.45) is 5.41 Å². The second-order valence-corrected chi connectivity index (χ2v) is 8.47. The van der Waals surface area contributed by atoms with Gasteiger partial charge in [0.15, 0.2) is 9.84 Å². The van der Waals surface area contributed by atoms with Gasteiger partial charge in [0.25, 0.3) is 0 Å². The molecule has 0 aliphatic carbocycles. The Morgan fingerprint density at radius 2 is 2.00 bits per heavy atom. The Balaban J connectivity index is 2.69. The number of rotatable bonds is 5. The zero-order chi connectivity index (χ0) is 16.3. The lowest BCUT2D eigenvalue weighted by Gasteiger charge is -2.43. The van der Waals surface area contributed by atoms with Crippen molar-refractivity contribution in [2.45, 2.75) is 39.7 Å². The Kier molecular flexibility index (Phi) is 5.61. The molecule has 0 radical (unpaired) electrons. The maximum Gasteiger partial charge on any atom is 0.327 e. The van der Waals surface area contributed by atoms with Crippen LogP contribution in [0.5, 0.6) is 0 Å². The van der Waals surface area contributed by atoms with Crippen LogP contribution in [0.15, 0.2) is 0 Å². The van der Waals surface area contributed by atoms with Crippen molar-refractivity contribution in [2.75, 3.05) is 24.6 Å². The maximum absolute atomic E-state index is 12.1. The van der Waals surface area contributed by atoms with Crippen LogP contribution in [-0.2, 0) is 14.6 Å². The lowest BCUT2D eigenvalue weighted by molar-refractivity contribution is -0.148. The molecule has 2 N–H and O–H groups in total. The van der Waals surface area contributed by atoms with Crippen LogP contribution in [0.3, 0.4) is 0 Å². The van der Waals surface area contributed by atoms with Crippen molar-refractivity contribution in [1.29, 1.82) is 0 Å². The Hall–Kier alpha value is -1.31. The van der Waals surface area contributed by atoms with Gasteiger partial charge < -0.3 is 15.3 Å². The highest BCUT2D eigenvalue weighted by Gasteiger charge is 2.44. The van der Waals surface area contributed by atoms with Gasteiger partial charge in [0.2, 0.25) is 0 Å². The molecule has 8 heteroatoms. The predicted molar refractivity (Wildman–Crippen MR) is 78.9 cm³/mol. The van der Waals surface area contributed by atoms with Crippen molar-refractivity contribution in [3.63, 3.8) is 0 Å². The number of piperidine rings is 1. The summed E-state index contributed by atoms with van der Waals surface area (Å²) in [6.45, 7) is 5.56. The fourth-order valence-corrected chi connectivity index (χ4v) is 3.34. The van der Waals surface area contributed by atoms with Crippen molar-refractivity contribution in [1.82, 2.24) is 10.2 Å². The number of hydrogen-bond donors (Lipinski definition) is 2. The maximum atomic E-state index is 12.1. The van der Waals surface area contributed by atoms with Gasteiger partial charge in [-0.2, -0.15) is 0 Å². The number of carboxylic acids is 1. The van der Waals surface area contributed by atoms with E-state index < -0.39 is 33.3 Å². The number of sulfone groups is 1. The molecule has 0 aromatic heterocycles. The molecule has 1 aliphatic heterocycles. The predicted octanol–water partition coefficient (Wildman–Crippen LogP) is 0.706. The molecule has 1 rings (SSSR count). The first kappa shape index (κ1) is 17.7. The molecule has 0 aromatic carbocycles. The number of carbonyl (C=O) groups is 2. The minimum atomic E-state index is -3.15. The largest absolute Gasteiger partial charge is 0.480 e. The highest BCUT2D eigenvalue weighted by molar-refractivity contribution is 7.91. The molecule has 1 saturated heterocycles. The zero-order valence-corrected chi connectivity index (χ0v) is 13.6. The quantitative estimate of drug-likeness (QED) is 0.776. The van der Waals surface area contributed by atoms with Crippen molar-refractivity contribution in [3.8, 4) is 0 Å². The summed E-state index contributed by atoms with van der Waals surface area (Å²) >= 11 is 0. The van der Waals surface area contributed by atoms with E-state index in [0.717, 1.165) is 12.8 Å². The first-order valence-corrected chi connectivity index (χ1v) is 8.90. The summed E-state index contributed by atoms with van der Waals surface area (Å²) in [7, 11) is -3.15. The standard InChI is InChI=1S/C13H24N2O5S/c1-4-21(19,20)9-7-14-12(18)15-8-5-6-13(2,3)10(15)11(16)17/h10H,4-9H2,1-3H3,(H,14,18)(H,16,17). The topological polar surface area (TPSA) is 104 Å². The van der Waals surface area contributed by atoms with Gasteiger partial charge >= 0.3 is 12.0 Å². The Bertz CT molecular complexity index is 501. The van der Waals surface area contributed by atoms with E-state index in [4.69, 9.17) is 0 Å². The summed E-state index contributed by atoms with van der Waals surface area (Å²) < 4.78 is 22.7. The molecule has 1 heterocycles. The summed E-state index contributed by atoms with van der Waals surface area (Å²) in [6, 6.07) is -1.41. The van der Waals surface area contributed by atoms with Crippen molar-refractivity contribution >= 4 is 21.8 Å². The molecule has 122 valence electrons. The fraction of sp³-hybridized carbons (Fsp3) is 0.846. The van der Waals surface area contributed by atoms with Gasteiger partial charge in [0, 0.05) is 18.8 Å². The van der Waals surface area contributed by atoms with E-state index in [1.54, 1.807) is 6.92 Å². The lowest BCUT2D eigenvalue weighted by Crippen LogP contribution is -2.59. The highest BCUT2D eigenvalue weighted by atomic mass is 32.2. The van der Waals surface area contributed by atoms with E-state index in [9.17, 15) is 23.1 Å². The van der Waals surface area contributed by atoms with Gasteiger partial charge in [-0.05, 0) is 18.3 Å². The third-order valence-corrected chi connectivity index (χ3v) is 5.60. The number of carboxylic acid groups (broad SMARTS) is 1. The smallest absolute Gasteiger partial charge is 0.327 e. The van der Waals surface area contributed by atoms with Crippen LogP contribution in [0.4, 0.5) is 4.79 Å². The Morgan fingerprint density at radius 3 is 2.52 bits per heavy atom. The second-order valence-electron chi connectivity index (χ2n) is 5.99. The summed E-state index contributed by atoms with van der Waals surface area (Å²) in [4.78, 5) is 24.9. The average molecular weight is 320 g/mol. The third-order valence-electron chi connectivity index (χ3n) is 3.90. The van der Waals surface area contributed by atoms with E-state index in [2.05, 4.69) is 5.32 Å². The number of hydrogen-bond acceptors (Lipinski definition) is 4. The lowest BCUT2D eigenvalue weighted by atomic mass is 9.76. The third kappa shape index (κ3) is 4.59. The first-order chi connectivity index (χ1) is 9.60. The molecule has 0 spiro atoms. The van der Waals surface area contributed by atoms with Crippen LogP contribution in [0.25, 0.3) is 0 Å². The van der Waals surface area contributed by atoms with E-state index in [-0.39, 0.29) is 18.1 Å². The van der Waals surface area contributed by atoms with Crippen molar-refractivity contribution < 1.29 is 23.1 Å². The van der Waals surface area contributed by atoms with Gasteiger partial charge in [0.05, 0.1) is 5.75 Å². The number of aliphatic carboxylic acids is 1. The van der Waals surface area contributed by atoms with Gasteiger partial charge in [-0.15, -0.1) is 0 Å². The number of carbonyl (C=O) groups excluding carboxylic acids is 1. The van der Waals surface area contributed by atoms with E-state index >= 15 is 0 Å². The first-order valence-electron chi connectivity index (χ1n) is 7.08. The monoisotopic (exact) mass is 320 g/mol. The molecule has 1 atom stereocenters. The molecule has 0 aromatic rings. The van der Waals surface area contributed by atoms with Crippen LogP contribution >= 0.6 is 0 Å². The molecule has 1 aliphatic rings. The molecule has 7 nitrogen and oxygen atoms in total. The molecule has 0 saturated carbocycles. The number of urea groups is 1. The van der Waals surface area contributed by atoms with Gasteiger partial charge in [-0.1, -0.05) is 20.8 Å². The summed E-state index contributed by atoms with van der Waals surface area (Å²) in [5.74, 6) is -1.14. The Morgan fingerprint density at radius 1 is 1.38 bits per heavy atom. The number of amides is 2. The second kappa shape index (κ2) is 6.64. The van der Waals surface area contributed by atoms with Gasteiger partial charge in [-0.3, -0.25) is 0 Å². The molecule has 21 heavy (non-hydrogen) atoms. The molecule has 0 bridgehead atoms. The molecule has 2 amide bonds. The van der Waals surface area contributed by atoms with Crippen molar-refractivity contribution in [3.05, 3.63) is 0 Å². The number of likely N-dealkylation sites (tertiary alicyclic amines) is 1. The molecular weight excluding hydrogens is 296 g/mol. The normalized spacial score (nSPS) is 21.9. The summed E-state index contributed by atoms with van der Waals surface area (Å²) in [5, 5.41) is 11.9. The van der Waals surface area contributed by atoms with Crippen LogP contribution in [-0.4, -0.2) is 61.1 Å². The zero-order valence-electron chi connectivity index (χ0n) is 12.8. The SMILES string of the molecule is CCS(=O)(=O)CCNC(=O)N1CCCC(C)(C)C1C(=O)O. The summed E-state index contributed by atoms with van der Waals surface area (Å²) in [6.07, 6.45) is 1.47. The molecular formula is C13H24N2O5S. The number of nitrogens with zero attached hydrogens (tertiary/aromatic N) is 1. The van der Waals surface area contributed by atoms with Crippen LogP contribution < -0.4 is 5.32 Å². The van der Waals surface area contributed by atoms with Crippen LogP contribution in [0.2, 0.25) is 0 Å². The molecule has 1 fully saturated rings.